The summed E-state index contributed by atoms with van der Waals surface area (Å²) in [6.45, 7) is 0. The van der Waals surface area contributed by atoms with Crippen molar-refractivity contribution in [2.75, 3.05) is 5.88 Å². The van der Waals surface area contributed by atoms with Crippen molar-refractivity contribution in [1.82, 2.24) is 0 Å². The van der Waals surface area contributed by atoms with Crippen molar-refractivity contribution in [2.24, 2.45) is 0 Å². The minimum Gasteiger partial charge on any atom is -0.507 e. The molecule has 1 nitrogen and oxygen atoms in total. The van der Waals surface area contributed by atoms with Gasteiger partial charge in [0.15, 0.2) is 0 Å². The lowest BCUT2D eigenvalue weighted by atomic mass is 10.2. The van der Waals surface area contributed by atoms with Crippen LogP contribution in [0.1, 0.15) is 5.56 Å². The Hall–Kier alpha value is -0.950. The highest BCUT2D eigenvalue weighted by molar-refractivity contribution is 6.19. The summed E-state index contributed by atoms with van der Waals surface area (Å²) < 4.78 is 0. The van der Waals surface area contributed by atoms with Crippen molar-refractivity contribution in [3.8, 4) is 5.75 Å². The molecule has 0 spiro atoms. The van der Waals surface area contributed by atoms with E-state index >= 15 is 0 Å². The molecule has 0 heterocycles. The second-order valence-corrected chi connectivity index (χ2v) is 2.42. The van der Waals surface area contributed by atoms with Gasteiger partial charge in [-0.05, 0) is 6.07 Å². The molecule has 0 fully saturated rings. The quantitative estimate of drug-likeness (QED) is 0.674. The standard InChI is InChI=1S/C9H9ClO/c10-7-3-5-8-4-1-2-6-9(8)11/h1-6,11H,7H2. The molecule has 0 aromatic heterocycles. The molecule has 1 aromatic carbocycles. The third-order valence-electron chi connectivity index (χ3n) is 1.32. The van der Waals surface area contributed by atoms with Crippen LogP contribution in [-0.2, 0) is 0 Å². The number of hydrogen-bond acceptors (Lipinski definition) is 1. The smallest absolute Gasteiger partial charge is 0.122 e. The SMILES string of the molecule is Oc1ccccc1C=CCCl. The second kappa shape index (κ2) is 4.04. The van der Waals surface area contributed by atoms with E-state index in [1.54, 1.807) is 24.3 Å². The van der Waals surface area contributed by atoms with Gasteiger partial charge in [-0.2, -0.15) is 0 Å². The lowest BCUT2D eigenvalue weighted by molar-refractivity contribution is 0.474. The maximum Gasteiger partial charge on any atom is 0.122 e. The molecule has 0 atom stereocenters. The lowest BCUT2D eigenvalue weighted by Crippen LogP contribution is -1.72. The summed E-state index contributed by atoms with van der Waals surface area (Å²) in [5, 5.41) is 9.24. The van der Waals surface area contributed by atoms with Crippen LogP contribution in [0.4, 0.5) is 0 Å². The number of alkyl halides is 1. The van der Waals surface area contributed by atoms with Gasteiger partial charge in [-0.25, -0.2) is 0 Å². The van der Waals surface area contributed by atoms with E-state index in [4.69, 9.17) is 11.6 Å². The number of benzene rings is 1. The monoisotopic (exact) mass is 168 g/mol. The van der Waals surface area contributed by atoms with Gasteiger partial charge in [0.1, 0.15) is 5.75 Å². The fourth-order valence-corrected chi connectivity index (χ4v) is 0.889. The summed E-state index contributed by atoms with van der Waals surface area (Å²) >= 11 is 5.44. The second-order valence-electron chi connectivity index (χ2n) is 2.12. The Morgan fingerprint density at radius 2 is 2.09 bits per heavy atom. The predicted octanol–water partition coefficient (Wildman–Crippen LogP) is 2.64. The molecule has 1 aromatic rings. The van der Waals surface area contributed by atoms with Gasteiger partial charge in [0.2, 0.25) is 0 Å². The number of para-hydroxylation sites is 1. The topological polar surface area (TPSA) is 20.2 Å². The van der Waals surface area contributed by atoms with Gasteiger partial charge in [0.05, 0.1) is 0 Å². The van der Waals surface area contributed by atoms with Crippen molar-refractivity contribution in [3.05, 3.63) is 35.9 Å². The molecular weight excluding hydrogens is 160 g/mol. The average Bonchev–Trinajstić information content (AvgIpc) is 2.03. The van der Waals surface area contributed by atoms with Gasteiger partial charge in [-0.3, -0.25) is 0 Å². The number of aromatic hydroxyl groups is 1. The first-order valence-electron chi connectivity index (χ1n) is 3.35. The Bertz CT molecular complexity index is 255. The minimum atomic E-state index is 0.286. The number of allylic oxidation sites excluding steroid dienone is 1. The summed E-state index contributed by atoms with van der Waals surface area (Å²) in [5.41, 5.74) is 0.799. The molecule has 0 unspecified atom stereocenters. The Balaban J connectivity index is 2.86. The summed E-state index contributed by atoms with van der Waals surface area (Å²) in [7, 11) is 0. The number of phenolic OH excluding ortho intramolecular Hbond substituents is 1. The maximum atomic E-state index is 9.24. The highest BCUT2D eigenvalue weighted by Gasteiger charge is 1.91. The van der Waals surface area contributed by atoms with E-state index in [9.17, 15) is 5.11 Å². The van der Waals surface area contributed by atoms with Crippen LogP contribution >= 0.6 is 11.6 Å². The van der Waals surface area contributed by atoms with Gasteiger partial charge in [0, 0.05) is 11.4 Å². The van der Waals surface area contributed by atoms with Crippen molar-refractivity contribution in [1.29, 1.82) is 0 Å². The molecule has 0 bridgehead atoms. The first-order valence-corrected chi connectivity index (χ1v) is 3.88. The molecule has 2 heteroatoms. The molecule has 0 aliphatic heterocycles. The summed E-state index contributed by atoms with van der Waals surface area (Å²) in [6, 6.07) is 7.13. The van der Waals surface area contributed by atoms with E-state index in [0.29, 0.717) is 5.88 Å². The van der Waals surface area contributed by atoms with Crippen LogP contribution in [-0.4, -0.2) is 11.0 Å². The first kappa shape index (κ1) is 8.15. The summed E-state index contributed by atoms with van der Waals surface area (Å²) in [6.07, 6.45) is 3.58. The van der Waals surface area contributed by atoms with Crippen LogP contribution in [0.25, 0.3) is 6.08 Å². The first-order chi connectivity index (χ1) is 5.34. The molecule has 0 saturated carbocycles. The normalized spacial score (nSPS) is 10.6. The van der Waals surface area contributed by atoms with E-state index in [-0.39, 0.29) is 5.75 Å². The van der Waals surface area contributed by atoms with Crippen LogP contribution in [0.2, 0.25) is 0 Å². The molecule has 11 heavy (non-hydrogen) atoms. The summed E-state index contributed by atoms with van der Waals surface area (Å²) in [5.74, 6) is 0.753. The third-order valence-corrected chi connectivity index (χ3v) is 1.50. The van der Waals surface area contributed by atoms with E-state index < -0.39 is 0 Å². The molecule has 0 radical (unpaired) electrons. The molecule has 0 saturated heterocycles. The van der Waals surface area contributed by atoms with Gasteiger partial charge in [-0.15, -0.1) is 11.6 Å². The zero-order chi connectivity index (χ0) is 8.10. The van der Waals surface area contributed by atoms with E-state index in [2.05, 4.69) is 0 Å². The van der Waals surface area contributed by atoms with Gasteiger partial charge in [0.25, 0.3) is 0 Å². The number of halogens is 1. The average molecular weight is 169 g/mol. The highest BCUT2D eigenvalue weighted by Crippen LogP contribution is 2.16. The maximum absolute atomic E-state index is 9.24. The minimum absolute atomic E-state index is 0.286. The molecule has 1 N–H and O–H groups in total. The largest absolute Gasteiger partial charge is 0.507 e. The van der Waals surface area contributed by atoms with E-state index in [0.717, 1.165) is 5.56 Å². The van der Waals surface area contributed by atoms with Crippen molar-refractivity contribution >= 4 is 17.7 Å². The van der Waals surface area contributed by atoms with Crippen LogP contribution in [0, 0.1) is 0 Å². The Labute approximate surface area is 70.9 Å². The van der Waals surface area contributed by atoms with Gasteiger partial charge in [-0.1, -0.05) is 30.4 Å². The van der Waals surface area contributed by atoms with Crippen LogP contribution in [0.5, 0.6) is 5.75 Å². The molecule has 1 rings (SSSR count). The van der Waals surface area contributed by atoms with E-state index in [1.807, 2.05) is 12.1 Å². The zero-order valence-corrected chi connectivity index (χ0v) is 6.75. The molecular formula is C9H9ClO. The highest BCUT2D eigenvalue weighted by atomic mass is 35.5. The predicted molar refractivity (Wildman–Crippen MR) is 47.9 cm³/mol. The molecule has 0 amide bonds. The van der Waals surface area contributed by atoms with Crippen LogP contribution in [0.3, 0.4) is 0 Å². The van der Waals surface area contributed by atoms with E-state index in [1.165, 1.54) is 0 Å². The zero-order valence-electron chi connectivity index (χ0n) is 6.00. The summed E-state index contributed by atoms with van der Waals surface area (Å²) in [4.78, 5) is 0. The molecule has 0 aliphatic rings. The Morgan fingerprint density at radius 3 is 2.73 bits per heavy atom. The van der Waals surface area contributed by atoms with Crippen molar-refractivity contribution < 1.29 is 5.11 Å². The number of hydrogen-bond donors (Lipinski definition) is 1. The fraction of sp³-hybridized carbons (Fsp3) is 0.111. The van der Waals surface area contributed by atoms with Gasteiger partial charge >= 0.3 is 0 Å². The van der Waals surface area contributed by atoms with Crippen LogP contribution < -0.4 is 0 Å². The Kier molecular flexibility index (Phi) is 2.99. The van der Waals surface area contributed by atoms with Crippen molar-refractivity contribution in [3.63, 3.8) is 0 Å². The Morgan fingerprint density at radius 1 is 1.36 bits per heavy atom. The third kappa shape index (κ3) is 2.28. The number of phenols is 1. The fourth-order valence-electron chi connectivity index (χ4n) is 0.800. The number of rotatable bonds is 2. The molecule has 58 valence electrons. The lowest BCUT2D eigenvalue weighted by Gasteiger charge is -1.95. The van der Waals surface area contributed by atoms with Crippen molar-refractivity contribution in [2.45, 2.75) is 0 Å². The molecule has 0 aliphatic carbocycles. The van der Waals surface area contributed by atoms with Crippen LogP contribution in [0.15, 0.2) is 30.3 Å². The van der Waals surface area contributed by atoms with Gasteiger partial charge < -0.3 is 5.11 Å².